The molecule has 1 atom stereocenters. The molecule has 0 saturated heterocycles. The summed E-state index contributed by atoms with van der Waals surface area (Å²) < 4.78 is 11.0. The summed E-state index contributed by atoms with van der Waals surface area (Å²) in [6.07, 6.45) is 3.84. The van der Waals surface area contributed by atoms with Crippen molar-refractivity contribution < 1.29 is 19.1 Å². The van der Waals surface area contributed by atoms with Crippen LogP contribution >= 0.6 is 0 Å². The summed E-state index contributed by atoms with van der Waals surface area (Å²) in [4.78, 5) is 25.0. The minimum Gasteiger partial charge on any atom is -0.423 e. The minimum absolute atomic E-state index is 0.390. The van der Waals surface area contributed by atoms with Gasteiger partial charge in [0.15, 0.2) is 0 Å². The molecule has 0 N–H and O–H groups in total. The number of carbonyl (C=O) groups excluding carboxylic acids is 2. The fraction of sp³-hybridized carbons (Fsp3) is 0.214. The zero-order chi connectivity index (χ0) is 23.1. The summed E-state index contributed by atoms with van der Waals surface area (Å²) in [7, 11) is 0. The molecule has 0 radical (unpaired) electrons. The van der Waals surface area contributed by atoms with Crippen LogP contribution in [0.2, 0.25) is 0 Å². The van der Waals surface area contributed by atoms with Gasteiger partial charge in [-0.05, 0) is 78.4 Å². The quantitative estimate of drug-likeness (QED) is 0.297. The molecule has 0 amide bonds. The van der Waals surface area contributed by atoms with Gasteiger partial charge in [0.1, 0.15) is 11.5 Å². The molecule has 0 spiro atoms. The second-order valence-corrected chi connectivity index (χ2v) is 7.95. The fourth-order valence-electron chi connectivity index (χ4n) is 3.21. The van der Waals surface area contributed by atoms with Crippen LogP contribution in [0, 0.1) is 12.8 Å². The maximum atomic E-state index is 12.6. The Bertz CT molecular complexity index is 1100. The molecule has 0 aliphatic rings. The van der Waals surface area contributed by atoms with E-state index in [9.17, 15) is 9.59 Å². The SMILES string of the molecule is C=Cc1ccc(C(=O)Oc2ccc(C(=O)Oc3ccc(CC(C)CC)cc3)cc2C)cc1. The molecule has 32 heavy (non-hydrogen) atoms. The maximum absolute atomic E-state index is 12.6. The van der Waals surface area contributed by atoms with Gasteiger partial charge in [0.2, 0.25) is 0 Å². The molecular formula is C28H28O4. The first-order valence-electron chi connectivity index (χ1n) is 10.8. The molecule has 4 heteroatoms. The number of benzene rings is 3. The third-order valence-corrected chi connectivity index (χ3v) is 5.41. The molecule has 0 bridgehead atoms. The molecular weight excluding hydrogens is 400 g/mol. The summed E-state index contributed by atoms with van der Waals surface area (Å²) >= 11 is 0. The van der Waals surface area contributed by atoms with Crippen LogP contribution in [0.5, 0.6) is 11.5 Å². The smallest absolute Gasteiger partial charge is 0.343 e. The maximum Gasteiger partial charge on any atom is 0.343 e. The average molecular weight is 429 g/mol. The van der Waals surface area contributed by atoms with Crippen LogP contribution in [-0.4, -0.2) is 11.9 Å². The average Bonchev–Trinajstić information content (AvgIpc) is 2.81. The topological polar surface area (TPSA) is 52.6 Å². The molecule has 1 unspecified atom stereocenters. The van der Waals surface area contributed by atoms with Crippen molar-refractivity contribution in [2.75, 3.05) is 0 Å². The van der Waals surface area contributed by atoms with Crippen LogP contribution in [-0.2, 0) is 6.42 Å². The Morgan fingerprint density at radius 3 is 2.12 bits per heavy atom. The summed E-state index contributed by atoms with van der Waals surface area (Å²) in [6, 6.07) is 19.4. The van der Waals surface area contributed by atoms with Gasteiger partial charge in [-0.2, -0.15) is 0 Å². The van der Waals surface area contributed by atoms with Gasteiger partial charge in [0, 0.05) is 0 Å². The number of hydrogen-bond acceptors (Lipinski definition) is 4. The van der Waals surface area contributed by atoms with Gasteiger partial charge < -0.3 is 9.47 Å². The summed E-state index contributed by atoms with van der Waals surface area (Å²) in [5, 5.41) is 0. The highest BCUT2D eigenvalue weighted by atomic mass is 16.5. The molecule has 0 saturated carbocycles. The lowest BCUT2D eigenvalue weighted by Gasteiger charge is -2.11. The van der Waals surface area contributed by atoms with Crippen molar-refractivity contribution in [1.29, 1.82) is 0 Å². The van der Waals surface area contributed by atoms with Crippen LogP contribution < -0.4 is 9.47 Å². The van der Waals surface area contributed by atoms with Crippen LogP contribution in [0.25, 0.3) is 6.08 Å². The highest BCUT2D eigenvalue weighted by molar-refractivity contribution is 5.93. The third kappa shape index (κ3) is 5.94. The first-order chi connectivity index (χ1) is 15.4. The molecule has 164 valence electrons. The lowest BCUT2D eigenvalue weighted by atomic mass is 9.99. The van der Waals surface area contributed by atoms with E-state index in [0.717, 1.165) is 18.4 Å². The first-order valence-corrected chi connectivity index (χ1v) is 10.8. The molecule has 0 aromatic heterocycles. The molecule has 3 aromatic rings. The van der Waals surface area contributed by atoms with Crippen LogP contribution in [0.3, 0.4) is 0 Å². The Hall–Kier alpha value is -3.66. The third-order valence-electron chi connectivity index (χ3n) is 5.41. The van der Waals surface area contributed by atoms with E-state index < -0.39 is 11.9 Å². The minimum atomic E-state index is -0.462. The van der Waals surface area contributed by atoms with E-state index >= 15 is 0 Å². The highest BCUT2D eigenvalue weighted by Gasteiger charge is 2.14. The second-order valence-electron chi connectivity index (χ2n) is 7.95. The summed E-state index contributed by atoms with van der Waals surface area (Å²) in [6.45, 7) is 9.87. The Morgan fingerprint density at radius 1 is 0.906 bits per heavy atom. The van der Waals surface area contributed by atoms with Crippen molar-refractivity contribution in [3.8, 4) is 11.5 Å². The van der Waals surface area contributed by atoms with Crippen LogP contribution in [0.4, 0.5) is 0 Å². The molecule has 0 fully saturated rings. The van der Waals surface area contributed by atoms with E-state index in [0.29, 0.717) is 34.1 Å². The Balaban J connectivity index is 1.64. The van der Waals surface area contributed by atoms with E-state index in [2.05, 4.69) is 20.4 Å². The zero-order valence-electron chi connectivity index (χ0n) is 18.8. The second kappa shape index (κ2) is 10.6. The van der Waals surface area contributed by atoms with Gasteiger partial charge in [-0.1, -0.05) is 57.2 Å². The lowest BCUT2D eigenvalue weighted by Crippen LogP contribution is -2.11. The van der Waals surface area contributed by atoms with Crippen molar-refractivity contribution in [1.82, 2.24) is 0 Å². The van der Waals surface area contributed by atoms with Crippen molar-refractivity contribution in [3.05, 3.63) is 101 Å². The first kappa shape index (κ1) is 23.0. The zero-order valence-corrected chi connectivity index (χ0v) is 18.8. The van der Waals surface area contributed by atoms with Crippen molar-refractivity contribution in [2.24, 2.45) is 5.92 Å². The monoisotopic (exact) mass is 428 g/mol. The van der Waals surface area contributed by atoms with Crippen LogP contribution in [0.15, 0.2) is 73.3 Å². The number of esters is 2. The van der Waals surface area contributed by atoms with E-state index in [1.807, 2.05) is 24.3 Å². The molecule has 4 nitrogen and oxygen atoms in total. The predicted octanol–water partition coefficient (Wildman–Crippen LogP) is 6.67. The fourth-order valence-corrected chi connectivity index (χ4v) is 3.21. The molecule has 3 aromatic carbocycles. The van der Waals surface area contributed by atoms with Gasteiger partial charge in [-0.3, -0.25) is 0 Å². The van der Waals surface area contributed by atoms with Crippen molar-refractivity contribution in [3.63, 3.8) is 0 Å². The molecule has 3 rings (SSSR count). The van der Waals surface area contributed by atoms with E-state index in [1.54, 1.807) is 55.5 Å². The molecule has 0 heterocycles. The summed E-state index contributed by atoms with van der Waals surface area (Å²) in [5.41, 5.74) is 3.64. The Labute approximate surface area is 189 Å². The lowest BCUT2D eigenvalue weighted by molar-refractivity contribution is 0.0730. The number of ether oxygens (including phenoxy) is 2. The van der Waals surface area contributed by atoms with Gasteiger partial charge in [0.05, 0.1) is 11.1 Å². The van der Waals surface area contributed by atoms with Gasteiger partial charge in [-0.15, -0.1) is 0 Å². The van der Waals surface area contributed by atoms with Gasteiger partial charge >= 0.3 is 11.9 Å². The summed E-state index contributed by atoms with van der Waals surface area (Å²) in [5.74, 6) is 0.593. The van der Waals surface area contributed by atoms with Gasteiger partial charge in [-0.25, -0.2) is 9.59 Å². The Morgan fingerprint density at radius 2 is 1.53 bits per heavy atom. The normalized spacial score (nSPS) is 11.5. The van der Waals surface area contributed by atoms with E-state index in [-0.39, 0.29) is 0 Å². The highest BCUT2D eigenvalue weighted by Crippen LogP contribution is 2.23. The van der Waals surface area contributed by atoms with E-state index in [1.165, 1.54) is 5.56 Å². The van der Waals surface area contributed by atoms with Gasteiger partial charge in [0.25, 0.3) is 0 Å². The van der Waals surface area contributed by atoms with Crippen molar-refractivity contribution >= 4 is 18.0 Å². The standard InChI is InChI=1S/C28H28O4/c1-5-19(3)17-22-9-14-25(15-10-22)31-28(30)24-13-16-26(20(4)18-24)32-27(29)23-11-7-21(6-2)8-12-23/h6-16,18-19H,2,5,17H2,1,3-4H3. The number of carbonyl (C=O) groups is 2. The van der Waals surface area contributed by atoms with Crippen molar-refractivity contribution in [2.45, 2.75) is 33.6 Å². The van der Waals surface area contributed by atoms with E-state index in [4.69, 9.17) is 9.47 Å². The largest absolute Gasteiger partial charge is 0.423 e. The number of hydrogen-bond donors (Lipinski definition) is 0. The number of aryl methyl sites for hydroxylation is 1. The molecule has 0 aliphatic heterocycles. The predicted molar refractivity (Wildman–Crippen MR) is 127 cm³/mol. The molecule has 0 aliphatic carbocycles. The number of rotatable bonds is 8. The Kier molecular flexibility index (Phi) is 7.61. The van der Waals surface area contributed by atoms with Crippen LogP contribution in [0.1, 0.15) is 57.7 Å².